The van der Waals surface area contributed by atoms with Crippen molar-refractivity contribution < 1.29 is 15.0 Å². The number of carbonyl (C=O) groups is 1. The number of aliphatic carboxylic acids is 1. The zero-order chi connectivity index (χ0) is 16.1. The summed E-state index contributed by atoms with van der Waals surface area (Å²) in [4.78, 5) is 11.9. The van der Waals surface area contributed by atoms with Gasteiger partial charge in [0.1, 0.15) is 0 Å². The van der Waals surface area contributed by atoms with Crippen molar-refractivity contribution in [2.24, 2.45) is 28.6 Å². The molecule has 1 aromatic carbocycles. The molecule has 3 rings (SSSR count). The van der Waals surface area contributed by atoms with E-state index in [-0.39, 0.29) is 22.7 Å². The van der Waals surface area contributed by atoms with Crippen LogP contribution in [0.1, 0.15) is 51.7 Å². The first-order chi connectivity index (χ1) is 10.3. The van der Waals surface area contributed by atoms with Crippen LogP contribution in [-0.4, -0.2) is 16.2 Å². The maximum absolute atomic E-state index is 11.9. The van der Waals surface area contributed by atoms with Crippen LogP contribution in [0.2, 0.25) is 0 Å². The number of carboxylic acids is 1. The van der Waals surface area contributed by atoms with E-state index in [1.165, 1.54) is 0 Å². The van der Waals surface area contributed by atoms with Crippen molar-refractivity contribution in [3.8, 4) is 0 Å². The van der Waals surface area contributed by atoms with Crippen LogP contribution in [0, 0.1) is 28.6 Å². The van der Waals surface area contributed by atoms with Crippen molar-refractivity contribution in [1.82, 2.24) is 0 Å². The molecule has 22 heavy (non-hydrogen) atoms. The Hall–Kier alpha value is -1.35. The van der Waals surface area contributed by atoms with Crippen LogP contribution in [0.15, 0.2) is 30.3 Å². The predicted molar refractivity (Wildman–Crippen MR) is 85.2 cm³/mol. The lowest BCUT2D eigenvalue weighted by atomic mass is 9.65. The van der Waals surface area contributed by atoms with Gasteiger partial charge in [-0.25, -0.2) is 0 Å². The van der Waals surface area contributed by atoms with Crippen molar-refractivity contribution in [2.45, 2.75) is 46.1 Å². The molecule has 1 aromatic rings. The van der Waals surface area contributed by atoms with Crippen LogP contribution in [0.25, 0.3) is 0 Å². The topological polar surface area (TPSA) is 57.5 Å². The molecule has 3 heteroatoms. The molecule has 0 aliphatic heterocycles. The van der Waals surface area contributed by atoms with Crippen molar-refractivity contribution in [3.05, 3.63) is 35.9 Å². The van der Waals surface area contributed by atoms with E-state index < -0.39 is 12.1 Å². The highest BCUT2D eigenvalue weighted by molar-refractivity contribution is 5.73. The molecule has 0 saturated heterocycles. The molecule has 0 aromatic heterocycles. The summed E-state index contributed by atoms with van der Waals surface area (Å²) in [6, 6.07) is 9.59. The molecule has 2 aliphatic carbocycles. The number of hydrogen-bond acceptors (Lipinski definition) is 2. The van der Waals surface area contributed by atoms with E-state index >= 15 is 0 Å². The van der Waals surface area contributed by atoms with E-state index in [0.717, 1.165) is 18.4 Å². The van der Waals surface area contributed by atoms with Crippen molar-refractivity contribution in [2.75, 3.05) is 0 Å². The van der Waals surface area contributed by atoms with Gasteiger partial charge in [0.2, 0.25) is 0 Å². The summed E-state index contributed by atoms with van der Waals surface area (Å²) in [6.45, 7) is 6.58. The highest BCUT2D eigenvalue weighted by Crippen LogP contribution is 2.71. The molecular weight excluding hydrogens is 276 g/mol. The summed E-state index contributed by atoms with van der Waals surface area (Å²) < 4.78 is 0. The predicted octanol–water partition coefficient (Wildman–Crippen LogP) is 3.88. The number of benzene rings is 1. The lowest BCUT2D eigenvalue weighted by molar-refractivity contribution is -0.149. The molecule has 3 nitrogen and oxygen atoms in total. The molecule has 2 N–H and O–H groups in total. The maximum atomic E-state index is 11.9. The highest BCUT2D eigenvalue weighted by atomic mass is 16.4. The zero-order valence-electron chi connectivity index (χ0n) is 13.6. The lowest BCUT2D eigenvalue weighted by Crippen LogP contribution is -2.38. The van der Waals surface area contributed by atoms with E-state index in [2.05, 4.69) is 20.8 Å². The Kier molecular flexibility index (Phi) is 3.59. The van der Waals surface area contributed by atoms with Gasteiger partial charge in [-0.2, -0.15) is 0 Å². The van der Waals surface area contributed by atoms with Crippen molar-refractivity contribution in [3.63, 3.8) is 0 Å². The molecule has 2 bridgehead atoms. The van der Waals surface area contributed by atoms with Gasteiger partial charge < -0.3 is 10.2 Å². The SMILES string of the molecule is CC1(C)[C@H]2CC[C@@]1(C)[C@H](C(=O)O)[C@H]2C[C@@H](O)c1ccccc1. The number of rotatable bonds is 4. The van der Waals surface area contributed by atoms with E-state index in [1.54, 1.807) is 0 Å². The molecule has 5 atom stereocenters. The fraction of sp³-hybridized carbons (Fsp3) is 0.632. The van der Waals surface area contributed by atoms with Crippen LogP contribution >= 0.6 is 0 Å². The van der Waals surface area contributed by atoms with Gasteiger partial charge in [0.25, 0.3) is 0 Å². The first-order valence-corrected chi connectivity index (χ1v) is 8.25. The minimum atomic E-state index is -0.692. The smallest absolute Gasteiger partial charge is 0.307 e. The van der Waals surface area contributed by atoms with Gasteiger partial charge in [-0.3, -0.25) is 4.79 Å². The Morgan fingerprint density at radius 1 is 1.27 bits per heavy atom. The molecule has 2 saturated carbocycles. The molecule has 120 valence electrons. The number of aliphatic hydroxyl groups excluding tert-OH is 1. The van der Waals surface area contributed by atoms with Crippen LogP contribution in [0.5, 0.6) is 0 Å². The molecule has 0 amide bonds. The van der Waals surface area contributed by atoms with Gasteiger partial charge in [0.05, 0.1) is 12.0 Å². The molecule has 2 fully saturated rings. The van der Waals surface area contributed by atoms with Crippen molar-refractivity contribution >= 4 is 5.97 Å². The largest absolute Gasteiger partial charge is 0.481 e. The van der Waals surface area contributed by atoms with Crippen molar-refractivity contribution in [1.29, 1.82) is 0 Å². The quantitative estimate of drug-likeness (QED) is 0.887. The van der Waals surface area contributed by atoms with Crippen LogP contribution in [-0.2, 0) is 4.79 Å². The Bertz CT molecular complexity index is 565. The third-order valence-corrected chi connectivity index (χ3v) is 6.95. The monoisotopic (exact) mass is 302 g/mol. The first-order valence-electron chi connectivity index (χ1n) is 8.25. The minimum absolute atomic E-state index is 0.0249. The summed E-state index contributed by atoms with van der Waals surface area (Å²) >= 11 is 0. The maximum Gasteiger partial charge on any atom is 0.307 e. The summed E-state index contributed by atoms with van der Waals surface area (Å²) in [5.41, 5.74) is 0.749. The van der Waals surface area contributed by atoms with Crippen LogP contribution < -0.4 is 0 Å². The summed E-state index contributed by atoms with van der Waals surface area (Å²) in [5.74, 6) is -0.596. The van der Waals surface area contributed by atoms with Crippen LogP contribution in [0.4, 0.5) is 0 Å². The Morgan fingerprint density at radius 3 is 2.50 bits per heavy atom. The summed E-state index contributed by atoms with van der Waals surface area (Å²) in [5, 5.41) is 20.4. The lowest BCUT2D eigenvalue weighted by Gasteiger charge is -2.38. The molecule has 0 spiro atoms. The third kappa shape index (κ3) is 2.02. The van der Waals surface area contributed by atoms with E-state index in [1.807, 2.05) is 30.3 Å². The van der Waals surface area contributed by atoms with Crippen LogP contribution in [0.3, 0.4) is 0 Å². The molecular formula is C19H26O3. The molecule has 0 radical (unpaired) electrons. The van der Waals surface area contributed by atoms with Gasteiger partial charge >= 0.3 is 5.97 Å². The Balaban J connectivity index is 1.88. The summed E-state index contributed by atoms with van der Waals surface area (Å²) in [6.07, 6.45) is 2.04. The van der Waals surface area contributed by atoms with Gasteiger partial charge in [0, 0.05) is 0 Å². The fourth-order valence-electron chi connectivity index (χ4n) is 5.40. The van der Waals surface area contributed by atoms with E-state index in [9.17, 15) is 15.0 Å². The first kappa shape index (κ1) is 15.5. The van der Waals surface area contributed by atoms with Gasteiger partial charge in [-0.05, 0) is 47.5 Å². The molecule has 2 aliphatic rings. The second kappa shape index (κ2) is 5.09. The highest BCUT2D eigenvalue weighted by Gasteiger charge is 2.68. The van der Waals surface area contributed by atoms with Gasteiger partial charge in [-0.1, -0.05) is 51.1 Å². The summed E-state index contributed by atoms with van der Waals surface area (Å²) in [7, 11) is 0. The minimum Gasteiger partial charge on any atom is -0.481 e. The number of carboxylic acid groups (broad SMARTS) is 1. The zero-order valence-corrected chi connectivity index (χ0v) is 13.6. The number of aliphatic hydroxyl groups is 1. The molecule has 0 heterocycles. The Morgan fingerprint density at radius 2 is 1.91 bits per heavy atom. The second-order valence-electron chi connectivity index (χ2n) is 7.93. The fourth-order valence-corrected chi connectivity index (χ4v) is 5.40. The average molecular weight is 302 g/mol. The van der Waals surface area contributed by atoms with Gasteiger partial charge in [0.15, 0.2) is 0 Å². The average Bonchev–Trinajstić information content (AvgIpc) is 2.78. The normalized spacial score (nSPS) is 37.2. The third-order valence-electron chi connectivity index (χ3n) is 6.95. The standard InChI is InChI=1S/C19H26O3/c1-18(2)14-9-10-19(18,3)16(17(21)22)13(14)11-15(20)12-7-5-4-6-8-12/h4-8,13-16,20H,9-11H2,1-3H3,(H,21,22)/t13-,14-,15+,16-,19-/m0/s1. The van der Waals surface area contributed by atoms with E-state index in [4.69, 9.17) is 0 Å². The van der Waals surface area contributed by atoms with Gasteiger partial charge in [-0.15, -0.1) is 0 Å². The second-order valence-corrected chi connectivity index (χ2v) is 7.93. The molecule has 0 unspecified atom stereocenters. The Labute approximate surface area is 132 Å². The van der Waals surface area contributed by atoms with E-state index in [0.29, 0.717) is 12.3 Å². The number of hydrogen-bond donors (Lipinski definition) is 2. The number of fused-ring (bicyclic) bond motifs is 2.